The molecular weight excluding hydrogens is 252 g/mol. The second kappa shape index (κ2) is 6.90. The van der Waals surface area contributed by atoms with Crippen molar-refractivity contribution in [2.24, 2.45) is 11.3 Å². The zero-order chi connectivity index (χ0) is 14.6. The van der Waals surface area contributed by atoms with Crippen molar-refractivity contribution >= 4 is 5.91 Å². The summed E-state index contributed by atoms with van der Waals surface area (Å²) in [6.45, 7) is 7.13. The van der Waals surface area contributed by atoms with Crippen molar-refractivity contribution in [3.8, 4) is 0 Å². The van der Waals surface area contributed by atoms with E-state index in [9.17, 15) is 4.79 Å². The highest BCUT2D eigenvalue weighted by Gasteiger charge is 2.42. The minimum absolute atomic E-state index is 0.169. The predicted octanol–water partition coefficient (Wildman–Crippen LogP) is 1.78. The average Bonchev–Trinajstić information content (AvgIpc) is 2.41. The van der Waals surface area contributed by atoms with Gasteiger partial charge in [-0.05, 0) is 57.5 Å². The van der Waals surface area contributed by atoms with Crippen LogP contribution in [-0.4, -0.2) is 48.2 Å². The van der Waals surface area contributed by atoms with Gasteiger partial charge in [0.05, 0.1) is 0 Å². The minimum Gasteiger partial charge on any atom is -0.396 e. The second-order valence-corrected chi connectivity index (χ2v) is 6.93. The van der Waals surface area contributed by atoms with Crippen LogP contribution in [0.2, 0.25) is 0 Å². The van der Waals surface area contributed by atoms with Gasteiger partial charge in [0.15, 0.2) is 0 Å². The lowest BCUT2D eigenvalue weighted by Gasteiger charge is -2.44. The summed E-state index contributed by atoms with van der Waals surface area (Å²) in [4.78, 5) is 15.1. The number of amides is 1. The number of nitrogens with one attached hydrogen (secondary N) is 1. The zero-order valence-electron chi connectivity index (χ0n) is 13.0. The maximum atomic E-state index is 13.0. The normalized spacial score (nSPS) is 24.2. The maximum Gasteiger partial charge on any atom is 0.228 e. The molecule has 2 rings (SSSR count). The van der Waals surface area contributed by atoms with Gasteiger partial charge in [-0.3, -0.25) is 4.79 Å². The number of hydrogen-bond donors (Lipinski definition) is 2. The molecule has 0 bridgehead atoms. The first-order valence-corrected chi connectivity index (χ1v) is 8.20. The number of aliphatic hydroxyl groups is 1. The van der Waals surface area contributed by atoms with E-state index in [-0.39, 0.29) is 12.0 Å². The van der Waals surface area contributed by atoms with Gasteiger partial charge >= 0.3 is 0 Å². The lowest BCUT2D eigenvalue weighted by molar-refractivity contribution is -0.148. The van der Waals surface area contributed by atoms with E-state index in [2.05, 4.69) is 24.1 Å². The Labute approximate surface area is 122 Å². The fourth-order valence-corrected chi connectivity index (χ4v) is 3.40. The van der Waals surface area contributed by atoms with E-state index in [1.165, 1.54) is 12.8 Å². The third-order valence-corrected chi connectivity index (χ3v) is 5.20. The van der Waals surface area contributed by atoms with E-state index in [1.54, 1.807) is 0 Å². The second-order valence-electron chi connectivity index (χ2n) is 6.93. The first-order valence-electron chi connectivity index (χ1n) is 8.20. The van der Waals surface area contributed by atoms with Crippen molar-refractivity contribution in [1.29, 1.82) is 0 Å². The number of rotatable bonds is 6. The van der Waals surface area contributed by atoms with Crippen LogP contribution in [-0.2, 0) is 4.79 Å². The molecule has 0 aromatic carbocycles. The molecule has 4 heteroatoms. The van der Waals surface area contributed by atoms with Crippen molar-refractivity contribution in [3.63, 3.8) is 0 Å². The third-order valence-electron chi connectivity index (χ3n) is 5.20. The van der Waals surface area contributed by atoms with Crippen molar-refractivity contribution in [2.45, 2.75) is 58.4 Å². The van der Waals surface area contributed by atoms with Crippen molar-refractivity contribution in [1.82, 2.24) is 10.2 Å². The molecule has 2 N–H and O–H groups in total. The topological polar surface area (TPSA) is 52.6 Å². The molecule has 1 atom stereocenters. The SMILES string of the molecule is CC(C)(C(=O)N(CCCO)C1CCC1)C1CCCNC1. The summed E-state index contributed by atoms with van der Waals surface area (Å²) in [7, 11) is 0. The zero-order valence-corrected chi connectivity index (χ0v) is 13.0. The lowest BCUT2D eigenvalue weighted by atomic mass is 9.73. The van der Waals surface area contributed by atoms with Crippen LogP contribution in [0.1, 0.15) is 52.4 Å². The maximum absolute atomic E-state index is 13.0. The fraction of sp³-hybridized carbons (Fsp3) is 0.938. The standard InChI is InChI=1S/C16H30N2O2/c1-16(2,13-6-4-9-17-12-13)15(20)18(10-5-11-19)14-7-3-8-14/h13-14,17,19H,3-12H2,1-2H3. The highest BCUT2D eigenvalue weighted by Crippen LogP contribution is 2.36. The van der Waals surface area contributed by atoms with E-state index in [0.717, 1.165) is 32.4 Å². The van der Waals surface area contributed by atoms with Crippen molar-refractivity contribution in [2.75, 3.05) is 26.2 Å². The van der Waals surface area contributed by atoms with Gasteiger partial charge in [-0.15, -0.1) is 0 Å². The summed E-state index contributed by atoms with van der Waals surface area (Å²) in [6, 6.07) is 0.421. The Morgan fingerprint density at radius 3 is 2.55 bits per heavy atom. The van der Waals surface area contributed by atoms with E-state index in [0.29, 0.717) is 30.8 Å². The molecule has 20 heavy (non-hydrogen) atoms. The first kappa shape index (κ1) is 15.8. The number of piperidine rings is 1. The highest BCUT2D eigenvalue weighted by atomic mass is 16.3. The Morgan fingerprint density at radius 1 is 1.30 bits per heavy atom. The molecule has 1 aliphatic carbocycles. The molecule has 2 fully saturated rings. The summed E-state index contributed by atoms with van der Waals surface area (Å²) >= 11 is 0. The summed E-state index contributed by atoms with van der Waals surface area (Å²) in [5.74, 6) is 0.727. The summed E-state index contributed by atoms with van der Waals surface area (Å²) in [5.41, 5.74) is -0.293. The van der Waals surface area contributed by atoms with Crippen LogP contribution in [0.15, 0.2) is 0 Å². The van der Waals surface area contributed by atoms with Gasteiger partial charge < -0.3 is 15.3 Å². The molecule has 1 amide bonds. The Morgan fingerprint density at radius 2 is 2.05 bits per heavy atom. The third kappa shape index (κ3) is 3.34. The lowest BCUT2D eigenvalue weighted by Crippen LogP contribution is -2.53. The van der Waals surface area contributed by atoms with Gasteiger partial charge in [-0.25, -0.2) is 0 Å². The average molecular weight is 282 g/mol. The van der Waals surface area contributed by atoms with Crippen LogP contribution in [0.3, 0.4) is 0 Å². The fourth-order valence-electron chi connectivity index (χ4n) is 3.40. The largest absolute Gasteiger partial charge is 0.396 e. The minimum atomic E-state index is -0.293. The molecule has 1 saturated heterocycles. The molecule has 1 heterocycles. The molecule has 1 aliphatic heterocycles. The number of carbonyl (C=O) groups excluding carboxylic acids is 1. The Kier molecular flexibility index (Phi) is 5.44. The Bertz CT molecular complexity index is 320. The first-order chi connectivity index (χ1) is 9.57. The number of hydrogen-bond acceptors (Lipinski definition) is 3. The van der Waals surface area contributed by atoms with Gasteiger partial charge in [-0.1, -0.05) is 13.8 Å². The Hall–Kier alpha value is -0.610. The molecule has 1 saturated carbocycles. The smallest absolute Gasteiger partial charge is 0.228 e. The summed E-state index contributed by atoms with van der Waals surface area (Å²) in [6.07, 6.45) is 6.51. The summed E-state index contributed by atoms with van der Waals surface area (Å²) < 4.78 is 0. The number of nitrogens with zero attached hydrogens (tertiary/aromatic N) is 1. The van der Waals surface area contributed by atoms with E-state index >= 15 is 0 Å². The molecule has 116 valence electrons. The van der Waals surface area contributed by atoms with Crippen LogP contribution in [0, 0.1) is 11.3 Å². The predicted molar refractivity (Wildman–Crippen MR) is 80.4 cm³/mol. The number of carbonyl (C=O) groups is 1. The van der Waals surface area contributed by atoms with Gasteiger partial charge in [-0.2, -0.15) is 0 Å². The van der Waals surface area contributed by atoms with E-state index < -0.39 is 0 Å². The van der Waals surface area contributed by atoms with Gasteiger partial charge in [0, 0.05) is 24.6 Å². The van der Waals surface area contributed by atoms with Gasteiger partial charge in [0.2, 0.25) is 5.91 Å². The number of aliphatic hydroxyl groups excluding tert-OH is 1. The van der Waals surface area contributed by atoms with Crippen LogP contribution in [0.4, 0.5) is 0 Å². The molecule has 0 spiro atoms. The molecular formula is C16H30N2O2. The molecule has 0 radical (unpaired) electrons. The Balaban J connectivity index is 2.03. The molecule has 4 nitrogen and oxygen atoms in total. The van der Waals surface area contributed by atoms with Gasteiger partial charge in [0.1, 0.15) is 0 Å². The quantitative estimate of drug-likeness (QED) is 0.781. The summed E-state index contributed by atoms with van der Waals surface area (Å²) in [5, 5.41) is 12.5. The molecule has 0 aromatic rings. The van der Waals surface area contributed by atoms with Crippen LogP contribution in [0.5, 0.6) is 0 Å². The van der Waals surface area contributed by atoms with E-state index in [1.807, 2.05) is 0 Å². The molecule has 0 aromatic heterocycles. The monoisotopic (exact) mass is 282 g/mol. The van der Waals surface area contributed by atoms with Crippen molar-refractivity contribution in [3.05, 3.63) is 0 Å². The highest BCUT2D eigenvalue weighted by molar-refractivity contribution is 5.82. The van der Waals surface area contributed by atoms with Crippen molar-refractivity contribution < 1.29 is 9.90 Å². The van der Waals surface area contributed by atoms with Crippen LogP contribution >= 0.6 is 0 Å². The van der Waals surface area contributed by atoms with Crippen LogP contribution in [0.25, 0.3) is 0 Å². The van der Waals surface area contributed by atoms with E-state index in [4.69, 9.17) is 5.11 Å². The van der Waals surface area contributed by atoms with Gasteiger partial charge in [0.25, 0.3) is 0 Å². The molecule has 1 unspecified atom stereocenters. The molecule has 2 aliphatic rings. The van der Waals surface area contributed by atoms with Crippen LogP contribution < -0.4 is 5.32 Å².